The van der Waals surface area contributed by atoms with Gasteiger partial charge in [0.15, 0.2) is 0 Å². The van der Waals surface area contributed by atoms with E-state index in [-0.39, 0.29) is 6.04 Å². The zero-order valence-corrected chi connectivity index (χ0v) is 8.56. The highest BCUT2D eigenvalue weighted by molar-refractivity contribution is 5.80. The monoisotopic (exact) mass is 197 g/mol. The number of carbonyl (C=O) groups is 1. The molecule has 0 aliphatic rings. The Kier molecular flexibility index (Phi) is 2.85. The molecule has 2 atom stereocenters. The summed E-state index contributed by atoms with van der Waals surface area (Å²) in [6.07, 6.45) is 0. The van der Waals surface area contributed by atoms with Crippen LogP contribution >= 0.6 is 0 Å². The molecular formula is C8H15N5O. The molecule has 0 aliphatic heterocycles. The molecule has 6 nitrogen and oxygen atoms in total. The van der Waals surface area contributed by atoms with Crippen LogP contribution in [0.3, 0.4) is 0 Å². The molecule has 0 saturated carbocycles. The second-order valence-corrected chi connectivity index (χ2v) is 3.32. The van der Waals surface area contributed by atoms with E-state index in [2.05, 4.69) is 10.1 Å². The molecule has 1 aromatic heterocycles. The molecule has 0 saturated heterocycles. The standard InChI is InChI=1S/C8H15N5O/c1-4(7(9)8(10)14)13-6(3)11-5(2)12-13/h4,7H,9H2,1-3H3,(H2,10,14). The molecule has 78 valence electrons. The minimum atomic E-state index is -0.741. The van der Waals surface area contributed by atoms with Gasteiger partial charge in [-0.25, -0.2) is 9.67 Å². The molecule has 0 aromatic carbocycles. The summed E-state index contributed by atoms with van der Waals surface area (Å²) in [4.78, 5) is 15.0. The van der Waals surface area contributed by atoms with Crippen LogP contribution in [0.25, 0.3) is 0 Å². The average molecular weight is 197 g/mol. The second kappa shape index (κ2) is 3.75. The molecule has 1 amide bonds. The zero-order chi connectivity index (χ0) is 10.9. The van der Waals surface area contributed by atoms with E-state index in [1.807, 2.05) is 6.92 Å². The van der Waals surface area contributed by atoms with Crippen LogP contribution in [0.2, 0.25) is 0 Å². The van der Waals surface area contributed by atoms with Crippen molar-refractivity contribution in [2.24, 2.45) is 11.5 Å². The normalized spacial score (nSPS) is 15.1. The number of nitrogens with two attached hydrogens (primary N) is 2. The fourth-order valence-corrected chi connectivity index (χ4v) is 1.31. The van der Waals surface area contributed by atoms with Gasteiger partial charge in [0.25, 0.3) is 0 Å². The summed E-state index contributed by atoms with van der Waals surface area (Å²) in [7, 11) is 0. The van der Waals surface area contributed by atoms with Gasteiger partial charge in [0, 0.05) is 0 Å². The number of amides is 1. The molecule has 0 bridgehead atoms. The Morgan fingerprint density at radius 2 is 2.07 bits per heavy atom. The first-order chi connectivity index (χ1) is 6.43. The summed E-state index contributed by atoms with van der Waals surface area (Å²) in [5, 5.41) is 4.13. The van der Waals surface area contributed by atoms with E-state index in [1.165, 1.54) is 0 Å². The number of rotatable bonds is 3. The number of hydrogen-bond acceptors (Lipinski definition) is 4. The summed E-state index contributed by atoms with van der Waals surface area (Å²) in [6, 6.07) is -1.01. The fourth-order valence-electron chi connectivity index (χ4n) is 1.31. The predicted molar refractivity (Wildman–Crippen MR) is 51.4 cm³/mol. The Labute approximate surface area is 82.3 Å². The lowest BCUT2D eigenvalue weighted by Gasteiger charge is -2.17. The molecule has 1 heterocycles. The summed E-state index contributed by atoms with van der Waals surface area (Å²) < 4.78 is 1.62. The van der Waals surface area contributed by atoms with Crippen molar-refractivity contribution >= 4 is 5.91 Å². The first kappa shape index (κ1) is 10.6. The van der Waals surface area contributed by atoms with Crippen molar-refractivity contribution < 1.29 is 4.79 Å². The lowest BCUT2D eigenvalue weighted by atomic mass is 10.1. The van der Waals surface area contributed by atoms with Crippen molar-refractivity contribution in [3.63, 3.8) is 0 Å². The van der Waals surface area contributed by atoms with Crippen LogP contribution in [-0.2, 0) is 4.79 Å². The lowest BCUT2D eigenvalue weighted by Crippen LogP contribution is -2.43. The summed E-state index contributed by atoms with van der Waals surface area (Å²) in [5.74, 6) is 0.850. The van der Waals surface area contributed by atoms with Crippen LogP contribution < -0.4 is 11.5 Å². The van der Waals surface area contributed by atoms with Crippen molar-refractivity contribution in [2.75, 3.05) is 0 Å². The van der Waals surface area contributed by atoms with Gasteiger partial charge in [0.1, 0.15) is 17.7 Å². The van der Waals surface area contributed by atoms with Gasteiger partial charge >= 0.3 is 0 Å². The smallest absolute Gasteiger partial charge is 0.236 e. The Hall–Kier alpha value is -1.43. The topological polar surface area (TPSA) is 99.8 Å². The van der Waals surface area contributed by atoms with Crippen molar-refractivity contribution in [1.82, 2.24) is 14.8 Å². The number of nitrogens with zero attached hydrogens (tertiary/aromatic N) is 3. The van der Waals surface area contributed by atoms with Gasteiger partial charge in [-0.15, -0.1) is 0 Å². The Balaban J connectivity index is 2.94. The van der Waals surface area contributed by atoms with Gasteiger partial charge in [-0.05, 0) is 20.8 Å². The van der Waals surface area contributed by atoms with Crippen molar-refractivity contribution in [3.8, 4) is 0 Å². The van der Waals surface area contributed by atoms with Gasteiger partial charge in [0.2, 0.25) is 5.91 Å². The third-order valence-electron chi connectivity index (χ3n) is 2.14. The highest BCUT2D eigenvalue weighted by atomic mass is 16.1. The number of hydrogen-bond donors (Lipinski definition) is 2. The molecule has 14 heavy (non-hydrogen) atoms. The SMILES string of the molecule is Cc1nc(C)n(C(C)C(N)C(N)=O)n1. The Morgan fingerprint density at radius 1 is 1.50 bits per heavy atom. The van der Waals surface area contributed by atoms with Crippen LogP contribution in [0.4, 0.5) is 0 Å². The van der Waals surface area contributed by atoms with Crippen LogP contribution in [0, 0.1) is 13.8 Å². The average Bonchev–Trinajstić information content (AvgIpc) is 2.42. The van der Waals surface area contributed by atoms with Crippen LogP contribution in [0.1, 0.15) is 24.6 Å². The molecule has 0 aliphatic carbocycles. The molecule has 4 N–H and O–H groups in total. The molecule has 2 unspecified atom stereocenters. The van der Waals surface area contributed by atoms with E-state index in [0.717, 1.165) is 5.82 Å². The third-order valence-corrected chi connectivity index (χ3v) is 2.14. The summed E-state index contributed by atoms with van der Waals surface area (Å²) >= 11 is 0. The van der Waals surface area contributed by atoms with Crippen LogP contribution in [0.5, 0.6) is 0 Å². The quantitative estimate of drug-likeness (QED) is 0.667. The summed E-state index contributed by atoms with van der Waals surface area (Å²) in [6.45, 7) is 5.38. The van der Waals surface area contributed by atoms with E-state index >= 15 is 0 Å². The van der Waals surface area contributed by atoms with Gasteiger partial charge in [-0.2, -0.15) is 5.10 Å². The molecule has 1 rings (SSSR count). The maximum absolute atomic E-state index is 10.9. The molecule has 6 heteroatoms. The Bertz CT molecular complexity index is 346. The predicted octanol–water partition coefficient (Wildman–Crippen LogP) is -0.731. The lowest BCUT2D eigenvalue weighted by molar-refractivity contribution is -0.120. The van der Waals surface area contributed by atoms with Gasteiger partial charge in [0.05, 0.1) is 6.04 Å². The van der Waals surface area contributed by atoms with Gasteiger partial charge in [-0.3, -0.25) is 4.79 Å². The van der Waals surface area contributed by atoms with Crippen LogP contribution in [-0.4, -0.2) is 26.7 Å². The first-order valence-corrected chi connectivity index (χ1v) is 4.38. The van der Waals surface area contributed by atoms with Crippen molar-refractivity contribution in [1.29, 1.82) is 0 Å². The maximum Gasteiger partial charge on any atom is 0.236 e. The number of carbonyl (C=O) groups excluding carboxylic acids is 1. The van der Waals surface area contributed by atoms with Crippen LogP contribution in [0.15, 0.2) is 0 Å². The minimum absolute atomic E-state index is 0.270. The van der Waals surface area contributed by atoms with Gasteiger partial charge < -0.3 is 11.5 Å². The molecule has 0 spiro atoms. The molecular weight excluding hydrogens is 182 g/mol. The molecule has 0 radical (unpaired) electrons. The third kappa shape index (κ3) is 1.90. The van der Waals surface area contributed by atoms with E-state index < -0.39 is 11.9 Å². The van der Waals surface area contributed by atoms with E-state index in [0.29, 0.717) is 5.82 Å². The van der Waals surface area contributed by atoms with E-state index in [4.69, 9.17) is 11.5 Å². The Morgan fingerprint density at radius 3 is 2.43 bits per heavy atom. The number of aryl methyl sites for hydroxylation is 2. The molecule has 1 aromatic rings. The summed E-state index contributed by atoms with van der Waals surface area (Å²) in [5.41, 5.74) is 10.7. The minimum Gasteiger partial charge on any atom is -0.368 e. The fraction of sp³-hybridized carbons (Fsp3) is 0.625. The number of primary amides is 1. The van der Waals surface area contributed by atoms with E-state index in [9.17, 15) is 4.79 Å². The first-order valence-electron chi connectivity index (χ1n) is 4.38. The zero-order valence-electron chi connectivity index (χ0n) is 8.56. The second-order valence-electron chi connectivity index (χ2n) is 3.32. The molecule has 0 fully saturated rings. The van der Waals surface area contributed by atoms with Crippen molar-refractivity contribution in [3.05, 3.63) is 11.6 Å². The van der Waals surface area contributed by atoms with Crippen molar-refractivity contribution in [2.45, 2.75) is 32.9 Å². The highest BCUT2D eigenvalue weighted by Gasteiger charge is 2.22. The van der Waals surface area contributed by atoms with Gasteiger partial charge in [-0.1, -0.05) is 0 Å². The van der Waals surface area contributed by atoms with E-state index in [1.54, 1.807) is 18.5 Å². The number of aromatic nitrogens is 3. The highest BCUT2D eigenvalue weighted by Crippen LogP contribution is 2.10. The maximum atomic E-state index is 10.9. The largest absolute Gasteiger partial charge is 0.368 e.